The van der Waals surface area contributed by atoms with Crippen LogP contribution in [-0.2, 0) is 0 Å². The first-order chi connectivity index (χ1) is 11.3. The van der Waals surface area contributed by atoms with Crippen molar-refractivity contribution < 1.29 is 5.11 Å². The Morgan fingerprint density at radius 3 is 1.70 bits per heavy atom. The summed E-state index contributed by atoms with van der Waals surface area (Å²) in [6, 6.07) is 0. The normalized spacial score (nSPS) is 14.4. The molecule has 0 aliphatic heterocycles. The van der Waals surface area contributed by atoms with Crippen LogP contribution in [0.1, 0.15) is 51.9 Å². The first kappa shape index (κ1) is 22.0. The maximum atomic E-state index is 9.07. The molecule has 1 unspecified atom stereocenters. The lowest BCUT2D eigenvalue weighted by Gasteiger charge is -2.06. The van der Waals surface area contributed by atoms with Crippen LogP contribution in [-0.4, -0.2) is 23.2 Å². The summed E-state index contributed by atoms with van der Waals surface area (Å²) < 4.78 is 0. The Bertz CT molecular complexity index is 373. The third kappa shape index (κ3) is 17.2. The van der Waals surface area contributed by atoms with Crippen molar-refractivity contribution in [2.75, 3.05) is 12.9 Å². The molecule has 0 aromatic rings. The van der Waals surface area contributed by atoms with Crippen molar-refractivity contribution in [2.24, 2.45) is 0 Å². The SMILES string of the molecule is CC/C=C\C/C=C\C/C=C\C/C=C\CC/C=C/CC(CO)SC. The minimum absolute atomic E-state index is 0.266. The van der Waals surface area contributed by atoms with Crippen LogP contribution in [0.25, 0.3) is 0 Å². The van der Waals surface area contributed by atoms with E-state index in [0.717, 1.165) is 44.9 Å². The van der Waals surface area contributed by atoms with E-state index < -0.39 is 0 Å². The topological polar surface area (TPSA) is 20.2 Å². The third-order valence-electron chi connectivity index (χ3n) is 3.32. The molecule has 0 spiro atoms. The first-order valence-electron chi connectivity index (χ1n) is 8.73. The number of hydrogen-bond acceptors (Lipinski definition) is 2. The van der Waals surface area contributed by atoms with Crippen molar-refractivity contribution >= 4 is 11.8 Å². The summed E-state index contributed by atoms with van der Waals surface area (Å²) in [6.07, 6.45) is 31.6. The lowest BCUT2D eigenvalue weighted by atomic mass is 10.2. The van der Waals surface area contributed by atoms with Crippen LogP contribution in [0, 0.1) is 0 Å². The predicted octanol–water partition coefficient (Wildman–Crippen LogP) is 6.24. The highest BCUT2D eigenvalue weighted by Crippen LogP contribution is 2.10. The molecule has 2 heteroatoms. The Kier molecular flexibility index (Phi) is 18.2. The van der Waals surface area contributed by atoms with Gasteiger partial charge in [-0.3, -0.25) is 0 Å². The molecule has 0 aliphatic rings. The molecule has 0 saturated carbocycles. The molecule has 0 amide bonds. The fraction of sp³-hybridized carbons (Fsp3) is 0.524. The van der Waals surface area contributed by atoms with Crippen molar-refractivity contribution in [3.8, 4) is 0 Å². The molecule has 0 aliphatic carbocycles. The number of aliphatic hydroxyl groups is 1. The highest BCUT2D eigenvalue weighted by Gasteiger charge is 2.00. The molecule has 130 valence electrons. The second-order valence-electron chi connectivity index (χ2n) is 5.33. The van der Waals surface area contributed by atoms with Gasteiger partial charge in [0, 0.05) is 5.25 Å². The van der Waals surface area contributed by atoms with E-state index in [1.807, 2.05) is 6.26 Å². The summed E-state index contributed by atoms with van der Waals surface area (Å²) in [5, 5.41) is 9.42. The van der Waals surface area contributed by atoms with Gasteiger partial charge in [0.2, 0.25) is 0 Å². The van der Waals surface area contributed by atoms with E-state index in [1.165, 1.54) is 0 Å². The van der Waals surface area contributed by atoms with Crippen molar-refractivity contribution in [1.82, 2.24) is 0 Å². The summed E-state index contributed by atoms with van der Waals surface area (Å²) in [7, 11) is 0. The average molecular weight is 335 g/mol. The molecule has 0 aromatic heterocycles. The maximum Gasteiger partial charge on any atom is 0.0552 e. The molecule has 0 fully saturated rings. The fourth-order valence-electron chi connectivity index (χ4n) is 1.90. The number of allylic oxidation sites excluding steroid dienone is 10. The lowest BCUT2D eigenvalue weighted by molar-refractivity contribution is 0.295. The Labute approximate surface area is 148 Å². The highest BCUT2D eigenvalue weighted by molar-refractivity contribution is 7.99. The second kappa shape index (κ2) is 19.1. The van der Waals surface area contributed by atoms with E-state index in [4.69, 9.17) is 5.11 Å². The number of unbranched alkanes of at least 4 members (excludes halogenated alkanes) is 1. The number of thioether (sulfide) groups is 1. The monoisotopic (exact) mass is 334 g/mol. The molecule has 23 heavy (non-hydrogen) atoms. The molecule has 0 aromatic carbocycles. The molecule has 1 N–H and O–H groups in total. The van der Waals surface area contributed by atoms with E-state index in [-0.39, 0.29) is 6.61 Å². The molecular weight excluding hydrogens is 300 g/mol. The van der Waals surface area contributed by atoms with Crippen LogP contribution in [0.3, 0.4) is 0 Å². The molecule has 0 heterocycles. The first-order valence-corrected chi connectivity index (χ1v) is 10.0. The van der Waals surface area contributed by atoms with Crippen LogP contribution in [0.4, 0.5) is 0 Å². The summed E-state index contributed by atoms with van der Waals surface area (Å²) in [4.78, 5) is 0. The van der Waals surface area contributed by atoms with Crippen LogP contribution >= 0.6 is 11.8 Å². The number of aliphatic hydroxyl groups excluding tert-OH is 1. The summed E-state index contributed by atoms with van der Waals surface area (Å²) in [6.45, 7) is 2.42. The predicted molar refractivity (Wildman–Crippen MR) is 108 cm³/mol. The van der Waals surface area contributed by atoms with E-state index in [2.05, 4.69) is 67.7 Å². The van der Waals surface area contributed by atoms with Gasteiger partial charge >= 0.3 is 0 Å². The molecule has 0 bridgehead atoms. The quantitative estimate of drug-likeness (QED) is 0.299. The van der Waals surface area contributed by atoms with Gasteiger partial charge in [-0.2, -0.15) is 11.8 Å². The molecule has 0 radical (unpaired) electrons. The van der Waals surface area contributed by atoms with Crippen molar-refractivity contribution in [2.45, 2.75) is 57.1 Å². The summed E-state index contributed by atoms with van der Waals surface area (Å²) in [5.74, 6) is 0. The maximum absolute atomic E-state index is 9.07. The number of hydrogen-bond donors (Lipinski definition) is 1. The fourth-order valence-corrected chi connectivity index (χ4v) is 2.35. The van der Waals surface area contributed by atoms with Gasteiger partial charge in [-0.1, -0.05) is 67.7 Å². The van der Waals surface area contributed by atoms with Gasteiger partial charge in [0.05, 0.1) is 6.61 Å². The number of rotatable bonds is 14. The zero-order valence-electron chi connectivity index (χ0n) is 14.9. The van der Waals surface area contributed by atoms with Gasteiger partial charge in [-0.05, 0) is 51.2 Å². The Morgan fingerprint density at radius 1 is 0.739 bits per heavy atom. The summed E-state index contributed by atoms with van der Waals surface area (Å²) in [5.41, 5.74) is 0. The lowest BCUT2D eigenvalue weighted by Crippen LogP contribution is -2.05. The van der Waals surface area contributed by atoms with Crippen molar-refractivity contribution in [3.05, 3.63) is 60.8 Å². The molecule has 1 nitrogen and oxygen atoms in total. The zero-order valence-corrected chi connectivity index (χ0v) is 15.7. The average Bonchev–Trinajstić information content (AvgIpc) is 2.58. The van der Waals surface area contributed by atoms with Crippen LogP contribution < -0.4 is 0 Å². The largest absolute Gasteiger partial charge is 0.395 e. The summed E-state index contributed by atoms with van der Waals surface area (Å²) >= 11 is 1.73. The van der Waals surface area contributed by atoms with Crippen LogP contribution in [0.15, 0.2) is 60.8 Å². The van der Waals surface area contributed by atoms with Crippen molar-refractivity contribution in [3.63, 3.8) is 0 Å². The van der Waals surface area contributed by atoms with Gasteiger partial charge in [0.1, 0.15) is 0 Å². The molecule has 0 saturated heterocycles. The van der Waals surface area contributed by atoms with E-state index in [9.17, 15) is 0 Å². The Hall–Kier alpha value is -0.990. The minimum atomic E-state index is 0.266. The standard InChI is InChI=1S/C21H34OS/c1-3-4-5-6-7-8-9-10-11-12-13-14-15-16-17-18-19-21(20-22)23-2/h4-5,7-8,10-11,13-14,17-18,21-22H,3,6,9,12,15-16,19-20H2,1-2H3/b5-4-,8-7-,11-10-,14-13-,18-17+. The van der Waals surface area contributed by atoms with Gasteiger partial charge in [0.25, 0.3) is 0 Å². The Morgan fingerprint density at radius 2 is 1.22 bits per heavy atom. The van der Waals surface area contributed by atoms with Crippen LogP contribution in [0.2, 0.25) is 0 Å². The second-order valence-corrected chi connectivity index (χ2v) is 6.46. The smallest absolute Gasteiger partial charge is 0.0552 e. The molecule has 0 rings (SSSR count). The third-order valence-corrected chi connectivity index (χ3v) is 4.33. The Balaban J connectivity index is 3.51. The van der Waals surface area contributed by atoms with Gasteiger partial charge in [-0.25, -0.2) is 0 Å². The van der Waals surface area contributed by atoms with Gasteiger partial charge in [0.15, 0.2) is 0 Å². The van der Waals surface area contributed by atoms with Gasteiger partial charge in [-0.15, -0.1) is 0 Å². The van der Waals surface area contributed by atoms with E-state index in [1.54, 1.807) is 11.8 Å². The van der Waals surface area contributed by atoms with Crippen molar-refractivity contribution in [1.29, 1.82) is 0 Å². The highest BCUT2D eigenvalue weighted by atomic mass is 32.2. The van der Waals surface area contributed by atoms with E-state index in [0.29, 0.717) is 5.25 Å². The molecular formula is C21H34OS. The molecule has 1 atom stereocenters. The van der Waals surface area contributed by atoms with Crippen LogP contribution in [0.5, 0.6) is 0 Å². The van der Waals surface area contributed by atoms with E-state index >= 15 is 0 Å². The zero-order chi connectivity index (χ0) is 17.0. The van der Waals surface area contributed by atoms with Gasteiger partial charge < -0.3 is 5.11 Å². The minimum Gasteiger partial charge on any atom is -0.395 e.